The van der Waals surface area contributed by atoms with Gasteiger partial charge >= 0.3 is 0 Å². The molecule has 0 aromatic heterocycles. The number of rotatable bonds is 3. The Balaban J connectivity index is 1.41. The number of phenolic OH excluding ortho intramolecular Hbond substituents is 1. The number of benzene rings is 7. The molecule has 0 saturated carbocycles. The highest BCUT2D eigenvalue weighted by atomic mass is 16.3. The number of aromatic hydroxyl groups is 1. The fourth-order valence-electron chi connectivity index (χ4n) is 6.82. The molecule has 0 saturated heterocycles. The molecule has 1 nitrogen and oxygen atoms in total. The first-order chi connectivity index (χ1) is 20.2. The summed E-state index contributed by atoms with van der Waals surface area (Å²) in [5.74, 6) is 0.328. The lowest BCUT2D eigenvalue weighted by atomic mass is 9.85. The van der Waals surface area contributed by atoms with Gasteiger partial charge in [-0.05, 0) is 108 Å². The van der Waals surface area contributed by atoms with E-state index in [-0.39, 0.29) is 0 Å². The fraction of sp³-hybridized carbons (Fsp3) is 0.0500. The summed E-state index contributed by atoms with van der Waals surface area (Å²) in [5, 5.41) is 15.3. The van der Waals surface area contributed by atoms with Crippen LogP contribution in [0, 0.1) is 6.92 Å². The number of phenols is 1. The van der Waals surface area contributed by atoms with Crippen molar-refractivity contribution < 1.29 is 5.11 Å². The zero-order valence-corrected chi connectivity index (χ0v) is 22.9. The quantitative estimate of drug-likeness (QED) is 0.244. The van der Waals surface area contributed by atoms with Crippen LogP contribution in [0.3, 0.4) is 0 Å². The molecule has 1 aliphatic carbocycles. The van der Waals surface area contributed by atoms with Crippen molar-refractivity contribution in [1.29, 1.82) is 0 Å². The molecule has 1 N–H and O–H groups in total. The largest absolute Gasteiger partial charge is 0.508 e. The van der Waals surface area contributed by atoms with E-state index < -0.39 is 0 Å². The predicted molar refractivity (Wildman–Crippen MR) is 172 cm³/mol. The average Bonchev–Trinajstić information content (AvgIpc) is 3.40. The lowest BCUT2D eigenvalue weighted by Crippen LogP contribution is -1.95. The van der Waals surface area contributed by atoms with E-state index in [1.54, 1.807) is 0 Å². The molecule has 7 aromatic rings. The zero-order valence-electron chi connectivity index (χ0n) is 22.9. The second-order valence-corrected chi connectivity index (χ2v) is 11.1. The summed E-state index contributed by atoms with van der Waals surface area (Å²) in [5.41, 5.74) is 13.7. The number of hydrogen-bond donors (Lipinski definition) is 1. The van der Waals surface area contributed by atoms with E-state index >= 15 is 0 Å². The molecular formula is C40H28O. The monoisotopic (exact) mass is 524 g/mol. The van der Waals surface area contributed by atoms with E-state index in [9.17, 15) is 5.11 Å². The molecule has 8 rings (SSSR count). The first-order valence-corrected chi connectivity index (χ1v) is 14.2. The molecule has 0 bridgehead atoms. The summed E-state index contributed by atoms with van der Waals surface area (Å²) in [6.45, 7) is 1.97. The van der Waals surface area contributed by atoms with Gasteiger partial charge in [0.1, 0.15) is 5.75 Å². The van der Waals surface area contributed by atoms with Gasteiger partial charge in [-0.25, -0.2) is 0 Å². The molecular weight excluding hydrogens is 496 g/mol. The molecule has 0 spiro atoms. The minimum Gasteiger partial charge on any atom is -0.508 e. The van der Waals surface area contributed by atoms with Crippen molar-refractivity contribution in [2.75, 3.05) is 0 Å². The molecule has 0 unspecified atom stereocenters. The molecule has 41 heavy (non-hydrogen) atoms. The Bertz CT molecular complexity index is 2140. The summed E-state index contributed by atoms with van der Waals surface area (Å²) in [6, 6.07) is 47.9. The maximum Gasteiger partial charge on any atom is 0.118 e. The van der Waals surface area contributed by atoms with E-state index in [2.05, 4.69) is 121 Å². The van der Waals surface area contributed by atoms with Crippen LogP contribution in [0.25, 0.3) is 66.1 Å². The number of hydrogen-bond acceptors (Lipinski definition) is 1. The summed E-state index contributed by atoms with van der Waals surface area (Å²) < 4.78 is 0. The van der Waals surface area contributed by atoms with E-state index in [0.717, 1.165) is 17.5 Å². The normalized spacial score (nSPS) is 12.0. The van der Waals surface area contributed by atoms with Crippen molar-refractivity contribution in [1.82, 2.24) is 0 Å². The van der Waals surface area contributed by atoms with Crippen molar-refractivity contribution in [3.8, 4) is 50.3 Å². The zero-order chi connectivity index (χ0) is 27.5. The first kappa shape index (κ1) is 23.7. The SMILES string of the molecule is Cc1cc(-c2ccc3c(c2-c2cccc4ccccc24)Cc2c-3cccc2-c2cccc3ccccc23)ccc1O. The standard InChI is InChI=1S/C40H28O/c1-25-23-28(19-22-39(25)41)31-20-21-35-34-17-8-16-33(32-15-6-11-26-9-2-4-13-29(26)32)37(34)24-38(35)40(31)36-18-7-12-27-10-3-5-14-30(27)36/h2-23,41H,24H2,1H3. The van der Waals surface area contributed by atoms with Gasteiger partial charge in [0.15, 0.2) is 0 Å². The van der Waals surface area contributed by atoms with Gasteiger partial charge in [0, 0.05) is 0 Å². The third kappa shape index (κ3) is 3.70. The smallest absolute Gasteiger partial charge is 0.118 e. The van der Waals surface area contributed by atoms with Crippen molar-refractivity contribution in [3.63, 3.8) is 0 Å². The molecule has 0 amide bonds. The van der Waals surface area contributed by atoms with Crippen molar-refractivity contribution in [2.24, 2.45) is 0 Å². The summed E-state index contributed by atoms with van der Waals surface area (Å²) in [4.78, 5) is 0. The molecule has 0 atom stereocenters. The Hall–Kier alpha value is -5.14. The third-order valence-corrected chi connectivity index (χ3v) is 8.78. The summed E-state index contributed by atoms with van der Waals surface area (Å²) in [6.07, 6.45) is 0.869. The maximum atomic E-state index is 10.3. The van der Waals surface area contributed by atoms with Crippen LogP contribution in [0.2, 0.25) is 0 Å². The highest BCUT2D eigenvalue weighted by Crippen LogP contribution is 2.50. The topological polar surface area (TPSA) is 20.2 Å². The molecule has 1 aliphatic rings. The second-order valence-electron chi connectivity index (χ2n) is 11.1. The van der Waals surface area contributed by atoms with Crippen LogP contribution >= 0.6 is 0 Å². The predicted octanol–water partition coefficient (Wildman–Crippen LogP) is 10.6. The van der Waals surface area contributed by atoms with Crippen LogP contribution < -0.4 is 0 Å². The van der Waals surface area contributed by atoms with Gasteiger partial charge in [-0.2, -0.15) is 0 Å². The van der Waals surface area contributed by atoms with E-state index in [0.29, 0.717) is 5.75 Å². The van der Waals surface area contributed by atoms with Gasteiger partial charge in [-0.1, -0.05) is 121 Å². The van der Waals surface area contributed by atoms with Crippen molar-refractivity contribution in [2.45, 2.75) is 13.3 Å². The van der Waals surface area contributed by atoms with Crippen LogP contribution in [0.1, 0.15) is 16.7 Å². The Kier molecular flexibility index (Phi) is 5.33. The van der Waals surface area contributed by atoms with E-state index in [4.69, 9.17) is 0 Å². The lowest BCUT2D eigenvalue weighted by Gasteiger charge is -2.18. The molecule has 0 aliphatic heterocycles. The highest BCUT2D eigenvalue weighted by Gasteiger charge is 2.27. The number of aryl methyl sites for hydroxylation is 1. The highest BCUT2D eigenvalue weighted by molar-refractivity contribution is 6.05. The Morgan fingerprint density at radius 3 is 1.73 bits per heavy atom. The average molecular weight is 525 g/mol. The second kappa shape index (κ2) is 9.21. The Morgan fingerprint density at radius 2 is 1.00 bits per heavy atom. The van der Waals surface area contributed by atoms with Crippen LogP contribution in [0.4, 0.5) is 0 Å². The maximum absolute atomic E-state index is 10.3. The molecule has 7 aromatic carbocycles. The van der Waals surface area contributed by atoms with Gasteiger partial charge in [0.2, 0.25) is 0 Å². The summed E-state index contributed by atoms with van der Waals surface area (Å²) >= 11 is 0. The third-order valence-electron chi connectivity index (χ3n) is 8.78. The van der Waals surface area contributed by atoms with Crippen LogP contribution in [-0.4, -0.2) is 5.11 Å². The molecule has 0 fully saturated rings. The minimum atomic E-state index is 0.328. The van der Waals surface area contributed by atoms with Crippen LogP contribution in [0.15, 0.2) is 133 Å². The van der Waals surface area contributed by atoms with E-state index in [1.165, 1.54) is 71.6 Å². The van der Waals surface area contributed by atoms with Crippen molar-refractivity contribution >= 4 is 21.5 Å². The Labute approximate surface area is 240 Å². The first-order valence-electron chi connectivity index (χ1n) is 14.2. The molecule has 194 valence electrons. The van der Waals surface area contributed by atoms with Gasteiger partial charge in [0.05, 0.1) is 0 Å². The van der Waals surface area contributed by atoms with E-state index in [1.807, 2.05) is 19.1 Å². The van der Waals surface area contributed by atoms with Gasteiger partial charge in [0.25, 0.3) is 0 Å². The number of fused-ring (bicyclic) bond motifs is 5. The van der Waals surface area contributed by atoms with Gasteiger partial charge < -0.3 is 5.11 Å². The van der Waals surface area contributed by atoms with Crippen LogP contribution in [-0.2, 0) is 6.42 Å². The summed E-state index contributed by atoms with van der Waals surface area (Å²) in [7, 11) is 0. The lowest BCUT2D eigenvalue weighted by molar-refractivity contribution is 0.471. The molecule has 1 heteroatoms. The fourth-order valence-corrected chi connectivity index (χ4v) is 6.82. The minimum absolute atomic E-state index is 0.328. The van der Waals surface area contributed by atoms with Gasteiger partial charge in [-0.3, -0.25) is 0 Å². The van der Waals surface area contributed by atoms with Gasteiger partial charge in [-0.15, -0.1) is 0 Å². The van der Waals surface area contributed by atoms with Crippen LogP contribution in [0.5, 0.6) is 5.75 Å². The molecule has 0 heterocycles. The Morgan fingerprint density at radius 1 is 0.463 bits per heavy atom. The van der Waals surface area contributed by atoms with Crippen molar-refractivity contribution in [3.05, 3.63) is 150 Å². The molecule has 0 radical (unpaired) electrons.